The number of para-hydroxylation sites is 1. The zero-order valence-electron chi connectivity index (χ0n) is 10.9. The zero-order valence-corrected chi connectivity index (χ0v) is 11.6. The molecule has 0 saturated carbocycles. The summed E-state index contributed by atoms with van der Waals surface area (Å²) < 4.78 is 17.5. The Labute approximate surface area is 120 Å². The molecule has 0 aliphatic heterocycles. The summed E-state index contributed by atoms with van der Waals surface area (Å²) in [6.07, 6.45) is 3.40. The van der Waals surface area contributed by atoms with Crippen LogP contribution in [-0.2, 0) is 13.1 Å². The van der Waals surface area contributed by atoms with Crippen molar-refractivity contribution in [2.24, 2.45) is 0 Å². The highest BCUT2D eigenvalue weighted by Crippen LogP contribution is 2.26. The lowest BCUT2D eigenvalue weighted by Gasteiger charge is -2.10. The van der Waals surface area contributed by atoms with E-state index in [4.69, 9.17) is 11.6 Å². The van der Waals surface area contributed by atoms with Crippen molar-refractivity contribution in [2.45, 2.75) is 25.4 Å². The van der Waals surface area contributed by atoms with Crippen LogP contribution >= 0.6 is 11.6 Å². The second kappa shape index (κ2) is 5.20. The van der Waals surface area contributed by atoms with Gasteiger partial charge in [0.05, 0.1) is 23.6 Å². The van der Waals surface area contributed by atoms with E-state index in [9.17, 15) is 4.39 Å². The largest absolute Gasteiger partial charge is 0.325 e. The van der Waals surface area contributed by atoms with Gasteiger partial charge in [-0.05, 0) is 19.1 Å². The predicted molar refractivity (Wildman–Crippen MR) is 74.0 cm³/mol. The fourth-order valence-electron chi connectivity index (χ4n) is 2.22. The first kappa shape index (κ1) is 13.1. The van der Waals surface area contributed by atoms with Crippen molar-refractivity contribution in [3.63, 3.8) is 0 Å². The summed E-state index contributed by atoms with van der Waals surface area (Å²) in [4.78, 5) is 4.32. The van der Waals surface area contributed by atoms with Gasteiger partial charge in [0.2, 0.25) is 0 Å². The molecule has 20 heavy (non-hydrogen) atoms. The quantitative estimate of drug-likeness (QED) is 0.695. The molecular formula is C13H13ClFN5. The van der Waals surface area contributed by atoms with Gasteiger partial charge in [-0.1, -0.05) is 11.3 Å². The zero-order chi connectivity index (χ0) is 14.1. The Hall–Kier alpha value is -1.95. The highest BCUT2D eigenvalue weighted by Gasteiger charge is 2.16. The van der Waals surface area contributed by atoms with Crippen LogP contribution in [-0.4, -0.2) is 24.5 Å². The van der Waals surface area contributed by atoms with E-state index in [1.54, 1.807) is 23.1 Å². The summed E-state index contributed by atoms with van der Waals surface area (Å²) in [6.45, 7) is 3.06. The lowest BCUT2D eigenvalue weighted by molar-refractivity contribution is 0.515. The Kier molecular flexibility index (Phi) is 3.40. The third-order valence-electron chi connectivity index (χ3n) is 3.14. The molecule has 1 unspecified atom stereocenters. The maximum Gasteiger partial charge on any atom is 0.151 e. The predicted octanol–water partition coefficient (Wildman–Crippen LogP) is 2.77. The van der Waals surface area contributed by atoms with Gasteiger partial charge in [-0.3, -0.25) is 4.68 Å². The highest BCUT2D eigenvalue weighted by molar-refractivity contribution is 6.20. The molecule has 0 amide bonds. The standard InChI is InChI=1S/C13H13ClFN5/c1-9(14)13-17-12-10(15)3-2-4-11(12)20(13)8-7-19-6-5-16-18-19/h2-6,9H,7-8H2,1H3. The van der Waals surface area contributed by atoms with E-state index in [2.05, 4.69) is 15.3 Å². The monoisotopic (exact) mass is 293 g/mol. The average molecular weight is 294 g/mol. The number of fused-ring (bicyclic) bond motifs is 1. The fraction of sp³-hybridized carbons (Fsp3) is 0.308. The van der Waals surface area contributed by atoms with E-state index in [0.717, 1.165) is 5.52 Å². The number of benzene rings is 1. The number of aryl methyl sites for hydroxylation is 2. The van der Waals surface area contributed by atoms with Gasteiger partial charge in [-0.15, -0.1) is 16.7 Å². The molecule has 0 radical (unpaired) electrons. The number of nitrogens with zero attached hydrogens (tertiary/aromatic N) is 5. The van der Waals surface area contributed by atoms with E-state index in [0.29, 0.717) is 24.4 Å². The molecule has 1 aromatic carbocycles. The van der Waals surface area contributed by atoms with Gasteiger partial charge in [-0.25, -0.2) is 9.37 Å². The lowest BCUT2D eigenvalue weighted by atomic mass is 10.3. The summed E-state index contributed by atoms with van der Waals surface area (Å²) in [7, 11) is 0. The number of halogens is 2. The third-order valence-corrected chi connectivity index (χ3v) is 3.33. The van der Waals surface area contributed by atoms with Crippen molar-refractivity contribution in [3.05, 3.63) is 42.2 Å². The van der Waals surface area contributed by atoms with E-state index in [1.807, 2.05) is 17.6 Å². The third kappa shape index (κ3) is 2.27. The van der Waals surface area contributed by atoms with Crippen LogP contribution in [0.15, 0.2) is 30.6 Å². The van der Waals surface area contributed by atoms with Crippen LogP contribution in [0.1, 0.15) is 18.1 Å². The van der Waals surface area contributed by atoms with Crippen LogP contribution in [0.2, 0.25) is 0 Å². The molecule has 0 N–H and O–H groups in total. The number of rotatable bonds is 4. The molecule has 5 nitrogen and oxygen atoms in total. The van der Waals surface area contributed by atoms with Gasteiger partial charge in [-0.2, -0.15) is 0 Å². The first-order chi connectivity index (χ1) is 9.66. The minimum atomic E-state index is -0.333. The maximum atomic E-state index is 13.8. The molecule has 7 heteroatoms. The topological polar surface area (TPSA) is 48.5 Å². The number of alkyl halides is 1. The van der Waals surface area contributed by atoms with Gasteiger partial charge in [0, 0.05) is 12.7 Å². The van der Waals surface area contributed by atoms with Crippen LogP contribution < -0.4 is 0 Å². The average Bonchev–Trinajstić information content (AvgIpc) is 3.03. The smallest absolute Gasteiger partial charge is 0.151 e. The van der Waals surface area contributed by atoms with Gasteiger partial charge in [0.1, 0.15) is 11.3 Å². The SMILES string of the molecule is CC(Cl)c1nc2c(F)cccc2n1CCn1ccnn1. The summed E-state index contributed by atoms with van der Waals surface area (Å²) in [5.41, 5.74) is 1.10. The number of imidazole rings is 1. The first-order valence-electron chi connectivity index (χ1n) is 6.29. The molecule has 0 fully saturated rings. The fourth-order valence-corrected chi connectivity index (χ4v) is 2.39. The molecule has 1 atom stereocenters. The van der Waals surface area contributed by atoms with Gasteiger partial charge < -0.3 is 4.57 Å². The van der Waals surface area contributed by atoms with E-state index >= 15 is 0 Å². The maximum absolute atomic E-state index is 13.8. The van der Waals surface area contributed by atoms with Crippen molar-refractivity contribution in [2.75, 3.05) is 0 Å². The molecule has 2 aromatic heterocycles. The number of aromatic nitrogens is 5. The van der Waals surface area contributed by atoms with Gasteiger partial charge >= 0.3 is 0 Å². The molecule has 0 saturated heterocycles. The lowest BCUT2D eigenvalue weighted by Crippen LogP contribution is -2.11. The highest BCUT2D eigenvalue weighted by atomic mass is 35.5. The Bertz CT molecular complexity index is 720. The van der Waals surface area contributed by atoms with Gasteiger partial charge in [0.15, 0.2) is 5.82 Å². The van der Waals surface area contributed by atoms with Crippen LogP contribution in [0.4, 0.5) is 4.39 Å². The summed E-state index contributed by atoms with van der Waals surface area (Å²) in [5, 5.41) is 7.38. The minimum Gasteiger partial charge on any atom is -0.325 e. The van der Waals surface area contributed by atoms with Crippen LogP contribution in [0.5, 0.6) is 0 Å². The normalized spacial score (nSPS) is 12.9. The van der Waals surface area contributed by atoms with E-state index in [1.165, 1.54) is 6.07 Å². The Balaban J connectivity index is 2.02. The summed E-state index contributed by atoms with van der Waals surface area (Å²) >= 11 is 6.15. The molecule has 0 aliphatic rings. The molecule has 104 valence electrons. The Morgan fingerprint density at radius 2 is 2.20 bits per heavy atom. The van der Waals surface area contributed by atoms with Crippen LogP contribution in [0.25, 0.3) is 11.0 Å². The second-order valence-corrected chi connectivity index (χ2v) is 5.17. The molecular weight excluding hydrogens is 281 g/mol. The molecule has 0 aliphatic carbocycles. The molecule has 2 heterocycles. The molecule has 0 bridgehead atoms. The van der Waals surface area contributed by atoms with Crippen molar-refractivity contribution >= 4 is 22.6 Å². The Morgan fingerprint density at radius 3 is 2.90 bits per heavy atom. The van der Waals surface area contributed by atoms with Crippen LogP contribution in [0.3, 0.4) is 0 Å². The van der Waals surface area contributed by atoms with Crippen LogP contribution in [0, 0.1) is 5.82 Å². The van der Waals surface area contributed by atoms with Crippen molar-refractivity contribution in [3.8, 4) is 0 Å². The molecule has 3 aromatic rings. The van der Waals surface area contributed by atoms with Gasteiger partial charge in [0.25, 0.3) is 0 Å². The molecule has 3 rings (SSSR count). The summed E-state index contributed by atoms with van der Waals surface area (Å²) in [5.74, 6) is 0.326. The van der Waals surface area contributed by atoms with Crippen molar-refractivity contribution in [1.29, 1.82) is 0 Å². The number of hydrogen-bond donors (Lipinski definition) is 0. The Morgan fingerprint density at radius 1 is 1.35 bits per heavy atom. The summed E-state index contributed by atoms with van der Waals surface area (Å²) in [6, 6.07) is 4.92. The minimum absolute atomic E-state index is 0.294. The van der Waals surface area contributed by atoms with Crippen molar-refractivity contribution < 1.29 is 4.39 Å². The molecule has 0 spiro atoms. The van der Waals surface area contributed by atoms with E-state index in [-0.39, 0.29) is 11.2 Å². The van der Waals surface area contributed by atoms with Crippen molar-refractivity contribution in [1.82, 2.24) is 24.5 Å². The first-order valence-corrected chi connectivity index (χ1v) is 6.73. The second-order valence-electron chi connectivity index (χ2n) is 4.51. The number of hydrogen-bond acceptors (Lipinski definition) is 3. The van der Waals surface area contributed by atoms with E-state index < -0.39 is 0 Å².